The van der Waals surface area contributed by atoms with E-state index < -0.39 is 0 Å². The fraction of sp³-hybridized carbons (Fsp3) is 0.462. The largest absolute Gasteiger partial charge is 0.369 e. The molecule has 96 valence electrons. The zero-order valence-corrected chi connectivity index (χ0v) is 10.4. The summed E-state index contributed by atoms with van der Waals surface area (Å²) in [5, 5.41) is 0. The number of hydrogen-bond donors (Lipinski definition) is 1. The van der Waals surface area contributed by atoms with Crippen LogP contribution in [-0.4, -0.2) is 34.8 Å². The molecule has 0 aliphatic carbocycles. The van der Waals surface area contributed by atoms with E-state index in [0.717, 1.165) is 5.69 Å². The van der Waals surface area contributed by atoms with Crippen LogP contribution >= 0.6 is 0 Å². The Hall–Kier alpha value is -1.91. The summed E-state index contributed by atoms with van der Waals surface area (Å²) in [6.45, 7) is 3.05. The van der Waals surface area contributed by atoms with Crippen LogP contribution in [0.3, 0.4) is 0 Å². The van der Waals surface area contributed by atoms with Crippen molar-refractivity contribution in [3.8, 4) is 0 Å². The van der Waals surface area contributed by atoms with Crippen LogP contribution in [0.25, 0.3) is 0 Å². The summed E-state index contributed by atoms with van der Waals surface area (Å²) in [7, 11) is 0. The van der Waals surface area contributed by atoms with E-state index >= 15 is 0 Å². The summed E-state index contributed by atoms with van der Waals surface area (Å²) in [6, 6.07) is 3.61. The molecule has 5 heteroatoms. The molecule has 0 spiro atoms. The average Bonchev–Trinajstić information content (AvgIpc) is 2.39. The molecule has 1 aliphatic heterocycles. The lowest BCUT2D eigenvalue weighted by molar-refractivity contribution is -0.123. The number of amides is 2. The minimum absolute atomic E-state index is 0.0228. The number of carbonyl (C=O) groups excluding carboxylic acids is 2. The third-order valence-electron chi connectivity index (χ3n) is 3.34. The van der Waals surface area contributed by atoms with Gasteiger partial charge in [0.2, 0.25) is 5.91 Å². The average molecular weight is 247 g/mol. The third kappa shape index (κ3) is 2.67. The molecular weight excluding hydrogens is 230 g/mol. The maximum absolute atomic E-state index is 12.2. The zero-order chi connectivity index (χ0) is 13.1. The van der Waals surface area contributed by atoms with E-state index in [-0.39, 0.29) is 17.7 Å². The van der Waals surface area contributed by atoms with Gasteiger partial charge in [-0.2, -0.15) is 0 Å². The van der Waals surface area contributed by atoms with Crippen LogP contribution in [0.1, 0.15) is 28.9 Å². The Kier molecular flexibility index (Phi) is 3.60. The Balaban J connectivity index is 1.99. The van der Waals surface area contributed by atoms with Crippen molar-refractivity contribution >= 4 is 11.8 Å². The molecule has 2 rings (SSSR count). The standard InChI is InChI=1S/C13H17N3O2/c1-9-2-3-11(8-15-9)13(18)16-6-4-10(5-7-16)12(14)17/h2-3,8,10H,4-7H2,1H3,(H2,14,17). The number of likely N-dealkylation sites (tertiary alicyclic amines) is 1. The molecule has 0 atom stereocenters. The maximum Gasteiger partial charge on any atom is 0.255 e. The maximum atomic E-state index is 12.2. The summed E-state index contributed by atoms with van der Waals surface area (Å²) >= 11 is 0. The van der Waals surface area contributed by atoms with Crippen molar-refractivity contribution < 1.29 is 9.59 Å². The molecule has 2 heterocycles. The van der Waals surface area contributed by atoms with Crippen molar-refractivity contribution in [1.82, 2.24) is 9.88 Å². The quantitative estimate of drug-likeness (QED) is 0.837. The number of pyridine rings is 1. The smallest absolute Gasteiger partial charge is 0.255 e. The fourth-order valence-corrected chi connectivity index (χ4v) is 2.14. The van der Waals surface area contributed by atoms with E-state index in [0.29, 0.717) is 31.5 Å². The van der Waals surface area contributed by atoms with E-state index in [1.54, 1.807) is 17.2 Å². The van der Waals surface area contributed by atoms with Gasteiger partial charge in [-0.1, -0.05) is 0 Å². The molecule has 0 bridgehead atoms. The highest BCUT2D eigenvalue weighted by atomic mass is 16.2. The van der Waals surface area contributed by atoms with E-state index in [2.05, 4.69) is 4.98 Å². The second-order valence-corrected chi connectivity index (χ2v) is 4.66. The lowest BCUT2D eigenvalue weighted by Gasteiger charge is -2.30. The van der Waals surface area contributed by atoms with Gasteiger partial charge in [-0.3, -0.25) is 14.6 Å². The summed E-state index contributed by atoms with van der Waals surface area (Å²) in [5.41, 5.74) is 6.75. The minimum Gasteiger partial charge on any atom is -0.369 e. The number of nitrogens with zero attached hydrogens (tertiary/aromatic N) is 2. The van der Waals surface area contributed by atoms with Gasteiger partial charge in [-0.15, -0.1) is 0 Å². The molecule has 0 saturated carbocycles. The summed E-state index contributed by atoms with van der Waals surface area (Å²) in [4.78, 5) is 29.1. The molecule has 1 aromatic rings. The summed E-state index contributed by atoms with van der Waals surface area (Å²) in [6.07, 6.45) is 2.90. The zero-order valence-electron chi connectivity index (χ0n) is 10.4. The van der Waals surface area contributed by atoms with Crippen LogP contribution in [0.2, 0.25) is 0 Å². The third-order valence-corrected chi connectivity index (χ3v) is 3.34. The Morgan fingerprint density at radius 1 is 1.33 bits per heavy atom. The number of carbonyl (C=O) groups is 2. The second kappa shape index (κ2) is 5.16. The molecule has 1 aliphatic rings. The van der Waals surface area contributed by atoms with Gasteiger partial charge in [0.15, 0.2) is 0 Å². The molecule has 18 heavy (non-hydrogen) atoms. The van der Waals surface area contributed by atoms with Crippen LogP contribution in [0, 0.1) is 12.8 Å². The van der Waals surface area contributed by atoms with Crippen molar-refractivity contribution in [3.05, 3.63) is 29.6 Å². The number of aryl methyl sites for hydroxylation is 1. The molecule has 1 saturated heterocycles. The lowest BCUT2D eigenvalue weighted by atomic mass is 9.96. The first-order chi connectivity index (χ1) is 8.58. The van der Waals surface area contributed by atoms with Crippen LogP contribution in [0.4, 0.5) is 0 Å². The summed E-state index contributed by atoms with van der Waals surface area (Å²) in [5.74, 6) is -0.380. The lowest BCUT2D eigenvalue weighted by Crippen LogP contribution is -2.41. The van der Waals surface area contributed by atoms with Crippen molar-refractivity contribution in [2.75, 3.05) is 13.1 Å². The van der Waals surface area contributed by atoms with Gasteiger partial charge >= 0.3 is 0 Å². The number of hydrogen-bond acceptors (Lipinski definition) is 3. The summed E-state index contributed by atoms with van der Waals surface area (Å²) < 4.78 is 0. The van der Waals surface area contributed by atoms with Gasteiger partial charge in [-0.05, 0) is 31.9 Å². The first-order valence-corrected chi connectivity index (χ1v) is 6.09. The Morgan fingerprint density at radius 3 is 2.50 bits per heavy atom. The highest BCUT2D eigenvalue weighted by Gasteiger charge is 2.26. The SMILES string of the molecule is Cc1ccc(C(=O)N2CCC(C(N)=O)CC2)cn1. The molecule has 0 aromatic carbocycles. The first-order valence-electron chi connectivity index (χ1n) is 6.09. The van der Waals surface area contributed by atoms with Crippen LogP contribution in [0.5, 0.6) is 0 Å². The van der Waals surface area contributed by atoms with Gasteiger partial charge in [0.1, 0.15) is 0 Å². The first kappa shape index (κ1) is 12.5. The number of piperidine rings is 1. The normalized spacial score (nSPS) is 16.6. The number of rotatable bonds is 2. The molecule has 0 unspecified atom stereocenters. The molecule has 1 fully saturated rings. The monoisotopic (exact) mass is 247 g/mol. The van der Waals surface area contributed by atoms with Crippen LogP contribution < -0.4 is 5.73 Å². The number of nitrogens with two attached hydrogens (primary N) is 1. The van der Waals surface area contributed by atoms with Crippen molar-refractivity contribution in [2.45, 2.75) is 19.8 Å². The van der Waals surface area contributed by atoms with Gasteiger partial charge in [0.25, 0.3) is 5.91 Å². The molecule has 2 amide bonds. The molecular formula is C13H17N3O2. The van der Waals surface area contributed by atoms with E-state index in [9.17, 15) is 9.59 Å². The molecule has 1 aromatic heterocycles. The molecule has 5 nitrogen and oxygen atoms in total. The van der Waals surface area contributed by atoms with Crippen molar-refractivity contribution in [1.29, 1.82) is 0 Å². The highest BCUT2D eigenvalue weighted by molar-refractivity contribution is 5.94. The van der Waals surface area contributed by atoms with Gasteiger partial charge in [-0.25, -0.2) is 0 Å². The molecule has 0 radical (unpaired) electrons. The highest BCUT2D eigenvalue weighted by Crippen LogP contribution is 2.18. The Bertz CT molecular complexity index is 448. The van der Waals surface area contributed by atoms with E-state index in [1.807, 2.05) is 13.0 Å². The molecule has 2 N–H and O–H groups in total. The second-order valence-electron chi connectivity index (χ2n) is 4.66. The van der Waals surface area contributed by atoms with Crippen LogP contribution in [0.15, 0.2) is 18.3 Å². The predicted octanol–water partition coefficient (Wildman–Crippen LogP) is 0.728. The van der Waals surface area contributed by atoms with E-state index in [1.165, 1.54) is 0 Å². The Morgan fingerprint density at radius 2 is 2.00 bits per heavy atom. The predicted molar refractivity (Wildman–Crippen MR) is 66.8 cm³/mol. The topological polar surface area (TPSA) is 76.3 Å². The fourth-order valence-electron chi connectivity index (χ4n) is 2.14. The minimum atomic E-state index is -0.265. The van der Waals surface area contributed by atoms with Gasteiger partial charge in [0.05, 0.1) is 5.56 Å². The van der Waals surface area contributed by atoms with Gasteiger partial charge in [0, 0.05) is 30.9 Å². The van der Waals surface area contributed by atoms with Gasteiger partial charge < -0.3 is 10.6 Å². The number of aromatic nitrogens is 1. The van der Waals surface area contributed by atoms with E-state index in [4.69, 9.17) is 5.73 Å². The van der Waals surface area contributed by atoms with Crippen molar-refractivity contribution in [3.63, 3.8) is 0 Å². The number of primary amides is 1. The van der Waals surface area contributed by atoms with Crippen molar-refractivity contribution in [2.24, 2.45) is 11.7 Å². The van der Waals surface area contributed by atoms with Crippen LogP contribution in [-0.2, 0) is 4.79 Å². The Labute approximate surface area is 106 Å².